The van der Waals surface area contributed by atoms with Gasteiger partial charge in [-0.25, -0.2) is 0 Å². The first-order valence-electron chi connectivity index (χ1n) is 4.85. The lowest BCUT2D eigenvalue weighted by atomic mass is 10.1. The van der Waals surface area contributed by atoms with Crippen LogP contribution in [0.3, 0.4) is 0 Å². The predicted molar refractivity (Wildman–Crippen MR) is 60.6 cm³/mol. The normalized spacial score (nSPS) is 11.5. The molecule has 0 aromatic rings. The average molecular weight is 232 g/mol. The van der Waals surface area contributed by atoms with Crippen LogP contribution in [0.2, 0.25) is 6.04 Å². The third-order valence-corrected chi connectivity index (χ3v) is 5.13. The molecule has 4 nitrogen and oxygen atoms in total. The van der Waals surface area contributed by atoms with E-state index >= 15 is 0 Å². The molecule has 0 saturated heterocycles. The van der Waals surface area contributed by atoms with Gasteiger partial charge in [0.15, 0.2) is 5.78 Å². The molecule has 0 aromatic carbocycles. The fourth-order valence-electron chi connectivity index (χ4n) is 1.24. The van der Waals surface area contributed by atoms with E-state index in [0.29, 0.717) is 24.5 Å². The van der Waals surface area contributed by atoms with Crippen molar-refractivity contribution in [2.75, 3.05) is 21.3 Å². The molecule has 0 aromatic heterocycles. The zero-order chi connectivity index (χ0) is 11.9. The first kappa shape index (κ1) is 14.5. The van der Waals surface area contributed by atoms with E-state index in [1.807, 2.05) is 0 Å². The van der Waals surface area contributed by atoms with Crippen molar-refractivity contribution in [3.8, 4) is 0 Å². The van der Waals surface area contributed by atoms with Crippen molar-refractivity contribution in [1.29, 1.82) is 0 Å². The highest BCUT2D eigenvalue weighted by molar-refractivity contribution is 6.60. The van der Waals surface area contributed by atoms with Crippen molar-refractivity contribution in [2.24, 2.45) is 0 Å². The van der Waals surface area contributed by atoms with Crippen LogP contribution >= 0.6 is 0 Å². The van der Waals surface area contributed by atoms with Gasteiger partial charge in [-0.15, -0.1) is 0 Å². The maximum atomic E-state index is 11.3. The first-order valence-corrected chi connectivity index (χ1v) is 6.78. The number of carbonyl (C=O) groups excluding carboxylic acids is 1. The second-order valence-corrected chi connectivity index (χ2v) is 6.44. The van der Waals surface area contributed by atoms with Crippen LogP contribution in [0, 0.1) is 0 Å². The van der Waals surface area contributed by atoms with E-state index in [4.69, 9.17) is 13.3 Å². The molecular weight excluding hydrogens is 212 g/mol. The van der Waals surface area contributed by atoms with Gasteiger partial charge in [-0.1, -0.05) is 6.58 Å². The minimum Gasteiger partial charge on any atom is -0.377 e. The Labute approximate surface area is 92.6 Å². The molecule has 0 saturated carbocycles. The Morgan fingerprint density at radius 2 is 1.67 bits per heavy atom. The molecule has 0 unspecified atom stereocenters. The molecule has 0 aliphatic rings. The summed E-state index contributed by atoms with van der Waals surface area (Å²) in [5.41, 5.74) is 0.592. The lowest BCUT2D eigenvalue weighted by Gasteiger charge is -2.24. The summed E-state index contributed by atoms with van der Waals surface area (Å²) in [5.74, 6) is 0.0845. The predicted octanol–water partition coefficient (Wildman–Crippen LogP) is 1.79. The lowest BCUT2D eigenvalue weighted by Crippen LogP contribution is -2.42. The van der Waals surface area contributed by atoms with E-state index in [-0.39, 0.29) is 5.78 Å². The highest BCUT2D eigenvalue weighted by Gasteiger charge is 2.36. The standard InChI is InChI=1S/C10H20O4Si/c1-9(2)10(11)7-6-8-15(12-3,13-4)14-5/h1,6-8H2,2-5H3. The molecule has 0 N–H and O–H groups in total. The number of carbonyl (C=O) groups is 1. The van der Waals surface area contributed by atoms with Crippen LogP contribution in [0.5, 0.6) is 0 Å². The van der Waals surface area contributed by atoms with Crippen LogP contribution in [-0.2, 0) is 18.1 Å². The number of ketones is 1. The summed E-state index contributed by atoms with van der Waals surface area (Å²) in [4.78, 5) is 11.3. The van der Waals surface area contributed by atoms with E-state index in [2.05, 4.69) is 6.58 Å². The monoisotopic (exact) mass is 232 g/mol. The Hall–Kier alpha value is -0.493. The van der Waals surface area contributed by atoms with Gasteiger partial charge in [0.25, 0.3) is 0 Å². The molecule has 88 valence electrons. The number of rotatable bonds is 8. The zero-order valence-electron chi connectivity index (χ0n) is 9.96. The summed E-state index contributed by atoms with van der Waals surface area (Å²) in [6.07, 6.45) is 1.17. The largest absolute Gasteiger partial charge is 0.500 e. The van der Waals surface area contributed by atoms with Crippen molar-refractivity contribution in [3.63, 3.8) is 0 Å². The summed E-state index contributed by atoms with van der Waals surface area (Å²) in [6.45, 7) is 5.32. The molecule has 0 rings (SSSR count). The number of hydrogen-bond acceptors (Lipinski definition) is 4. The Morgan fingerprint density at radius 1 is 1.20 bits per heavy atom. The van der Waals surface area contributed by atoms with Crippen LogP contribution in [-0.4, -0.2) is 35.9 Å². The molecule has 0 aliphatic heterocycles. The fourth-order valence-corrected chi connectivity index (χ4v) is 2.96. The summed E-state index contributed by atoms with van der Waals surface area (Å²) in [6, 6.07) is 0.648. The van der Waals surface area contributed by atoms with Gasteiger partial charge in [0.1, 0.15) is 0 Å². The highest BCUT2D eigenvalue weighted by Crippen LogP contribution is 2.17. The van der Waals surface area contributed by atoms with Gasteiger partial charge in [0.05, 0.1) is 0 Å². The summed E-state index contributed by atoms with van der Waals surface area (Å²) < 4.78 is 15.7. The van der Waals surface area contributed by atoms with E-state index in [1.54, 1.807) is 28.3 Å². The molecule has 0 fully saturated rings. The van der Waals surface area contributed by atoms with Crippen LogP contribution in [0.1, 0.15) is 19.8 Å². The summed E-state index contributed by atoms with van der Waals surface area (Å²) in [5, 5.41) is 0. The van der Waals surface area contributed by atoms with E-state index in [1.165, 1.54) is 0 Å². The van der Waals surface area contributed by atoms with E-state index < -0.39 is 8.80 Å². The SMILES string of the molecule is C=C(C)C(=O)CCC[Si](OC)(OC)OC. The molecular formula is C10H20O4Si. The fraction of sp³-hybridized carbons (Fsp3) is 0.700. The van der Waals surface area contributed by atoms with E-state index in [9.17, 15) is 4.79 Å². The van der Waals surface area contributed by atoms with Gasteiger partial charge in [0, 0.05) is 33.8 Å². The van der Waals surface area contributed by atoms with Gasteiger partial charge in [-0.2, -0.15) is 0 Å². The molecule has 5 heteroatoms. The lowest BCUT2D eigenvalue weighted by molar-refractivity contribution is -0.115. The van der Waals surface area contributed by atoms with Crippen LogP contribution in [0.15, 0.2) is 12.2 Å². The number of Topliss-reactive ketones (excluding diaryl/α,β-unsaturated/α-hetero) is 1. The van der Waals surface area contributed by atoms with Crippen molar-refractivity contribution in [1.82, 2.24) is 0 Å². The maximum absolute atomic E-state index is 11.3. The molecule has 0 bridgehead atoms. The summed E-state index contributed by atoms with van der Waals surface area (Å²) >= 11 is 0. The minimum atomic E-state index is -2.50. The van der Waals surface area contributed by atoms with Gasteiger partial charge in [-0.3, -0.25) is 4.79 Å². The summed E-state index contributed by atoms with van der Waals surface area (Å²) in [7, 11) is 2.21. The first-order chi connectivity index (χ1) is 7.01. The Bertz CT molecular complexity index is 215. The second kappa shape index (κ2) is 6.89. The van der Waals surface area contributed by atoms with Crippen molar-refractivity contribution in [2.45, 2.75) is 25.8 Å². The third kappa shape index (κ3) is 4.70. The number of allylic oxidation sites excluding steroid dienone is 1. The quantitative estimate of drug-likeness (QED) is 0.473. The molecule has 0 radical (unpaired) electrons. The topological polar surface area (TPSA) is 44.8 Å². The second-order valence-electron chi connectivity index (χ2n) is 3.35. The van der Waals surface area contributed by atoms with E-state index in [0.717, 1.165) is 0 Å². The third-order valence-electron chi connectivity index (χ3n) is 2.30. The van der Waals surface area contributed by atoms with Crippen molar-refractivity contribution >= 4 is 14.6 Å². The maximum Gasteiger partial charge on any atom is 0.500 e. The molecule has 0 atom stereocenters. The Morgan fingerprint density at radius 3 is 2.00 bits per heavy atom. The molecule has 0 aliphatic carbocycles. The Kier molecular flexibility index (Phi) is 6.67. The van der Waals surface area contributed by atoms with Crippen LogP contribution in [0.4, 0.5) is 0 Å². The minimum absolute atomic E-state index is 0.0845. The van der Waals surface area contributed by atoms with Crippen molar-refractivity contribution in [3.05, 3.63) is 12.2 Å². The van der Waals surface area contributed by atoms with Gasteiger partial charge in [0.2, 0.25) is 0 Å². The Balaban J connectivity index is 4.02. The molecule has 15 heavy (non-hydrogen) atoms. The van der Waals surface area contributed by atoms with Crippen LogP contribution < -0.4 is 0 Å². The van der Waals surface area contributed by atoms with Gasteiger partial charge < -0.3 is 13.3 Å². The van der Waals surface area contributed by atoms with Crippen molar-refractivity contribution < 1.29 is 18.1 Å². The van der Waals surface area contributed by atoms with Gasteiger partial charge in [-0.05, 0) is 18.9 Å². The molecule has 0 spiro atoms. The highest BCUT2D eigenvalue weighted by atomic mass is 28.4. The number of hydrogen-bond donors (Lipinski definition) is 0. The van der Waals surface area contributed by atoms with Crippen LogP contribution in [0.25, 0.3) is 0 Å². The molecule has 0 heterocycles. The average Bonchev–Trinajstić information content (AvgIpc) is 2.24. The zero-order valence-corrected chi connectivity index (χ0v) is 11.0. The molecule has 0 amide bonds. The van der Waals surface area contributed by atoms with Gasteiger partial charge >= 0.3 is 8.80 Å². The smallest absolute Gasteiger partial charge is 0.377 e.